The number of aromatic amines is 1. The fourth-order valence-electron chi connectivity index (χ4n) is 3.34. The third-order valence-corrected chi connectivity index (χ3v) is 5.50. The van der Waals surface area contributed by atoms with Crippen LogP contribution in [0.4, 0.5) is 4.79 Å². The Bertz CT molecular complexity index is 985. The van der Waals surface area contributed by atoms with Crippen LogP contribution >= 0.6 is 28.7 Å². The van der Waals surface area contributed by atoms with Gasteiger partial charge in [-0.1, -0.05) is 28.7 Å². The Kier molecular flexibility index (Phi) is 7.67. The summed E-state index contributed by atoms with van der Waals surface area (Å²) in [5.74, 6) is -0.381. The van der Waals surface area contributed by atoms with E-state index in [1.54, 1.807) is 26.8 Å². The number of aryl methyl sites for hydroxylation is 1. The second-order valence-electron chi connectivity index (χ2n) is 8.53. The number of H-pyrrole nitrogens is 1. The summed E-state index contributed by atoms with van der Waals surface area (Å²) in [5.41, 5.74) is -0.152. The number of carbonyl (C=O) groups is 1. The van der Waals surface area contributed by atoms with Gasteiger partial charge < -0.3 is 19.2 Å². The Hall–Kier alpha value is -1.62. The van der Waals surface area contributed by atoms with Crippen LogP contribution in [-0.4, -0.2) is 51.5 Å². The largest absolute Gasteiger partial charge is 0.443 e. The van der Waals surface area contributed by atoms with E-state index in [0.29, 0.717) is 49.2 Å². The summed E-state index contributed by atoms with van der Waals surface area (Å²) in [7, 11) is 0. The second-order valence-corrected chi connectivity index (χ2v) is 9.93. The molecule has 31 heavy (non-hydrogen) atoms. The average Bonchev–Trinajstić information content (AvgIpc) is 2.67. The molecular weight excluding hydrogens is 486 g/mol. The van der Waals surface area contributed by atoms with Gasteiger partial charge in [0.1, 0.15) is 11.4 Å². The standard InChI is InChI=1S/C21H28BrN3O5S/c1-20(2,3)30-19(27)25(31)13-21(28-10-5-11-29-21)9-4-6-17-23-16-12-14(22)7-8-15(16)18(26)24-17/h7-8,12,31H,4-6,9-11,13H2,1-3H3,(H,23,24,26). The molecule has 1 aromatic heterocycles. The van der Waals surface area contributed by atoms with Gasteiger partial charge in [-0.3, -0.25) is 4.79 Å². The number of fused-ring (bicyclic) bond motifs is 1. The van der Waals surface area contributed by atoms with Crippen LogP contribution < -0.4 is 5.56 Å². The number of aromatic nitrogens is 2. The lowest BCUT2D eigenvalue weighted by Gasteiger charge is -2.39. The number of hydrogen-bond acceptors (Lipinski definition) is 7. The van der Waals surface area contributed by atoms with Crippen molar-refractivity contribution in [2.24, 2.45) is 0 Å². The molecule has 2 aromatic rings. The van der Waals surface area contributed by atoms with Crippen molar-refractivity contribution in [1.82, 2.24) is 14.3 Å². The molecule has 3 rings (SSSR count). The molecule has 0 aliphatic carbocycles. The molecule has 0 unspecified atom stereocenters. The number of benzene rings is 1. The zero-order valence-electron chi connectivity index (χ0n) is 17.9. The Morgan fingerprint density at radius 3 is 2.74 bits per heavy atom. The summed E-state index contributed by atoms with van der Waals surface area (Å²) in [6.45, 7) is 6.59. The van der Waals surface area contributed by atoms with Crippen LogP contribution in [0.2, 0.25) is 0 Å². The van der Waals surface area contributed by atoms with Crippen LogP contribution in [0.5, 0.6) is 0 Å². The quantitative estimate of drug-likeness (QED) is 0.561. The lowest BCUT2D eigenvalue weighted by atomic mass is 10.1. The summed E-state index contributed by atoms with van der Waals surface area (Å²) in [4.78, 5) is 32.1. The molecule has 1 N–H and O–H groups in total. The van der Waals surface area contributed by atoms with Crippen molar-refractivity contribution >= 4 is 45.7 Å². The molecule has 0 bridgehead atoms. The minimum absolute atomic E-state index is 0.125. The highest BCUT2D eigenvalue weighted by atomic mass is 79.9. The first-order valence-corrected chi connectivity index (χ1v) is 11.4. The lowest BCUT2D eigenvalue weighted by molar-refractivity contribution is -0.271. The van der Waals surface area contributed by atoms with Crippen LogP contribution in [0.1, 0.15) is 45.9 Å². The zero-order valence-corrected chi connectivity index (χ0v) is 20.4. The van der Waals surface area contributed by atoms with Crippen molar-refractivity contribution in [3.05, 3.63) is 38.9 Å². The SMILES string of the molecule is CC(C)(C)OC(=O)N(S)CC1(CCCc2nc3cc(Br)ccc3c(=O)[nH]2)OCCCO1. The summed E-state index contributed by atoms with van der Waals surface area (Å²) < 4.78 is 19.3. The highest BCUT2D eigenvalue weighted by molar-refractivity contribution is 9.10. The fraction of sp³-hybridized carbons (Fsp3) is 0.571. The van der Waals surface area contributed by atoms with Crippen LogP contribution in [0.3, 0.4) is 0 Å². The molecular formula is C21H28BrN3O5S. The Morgan fingerprint density at radius 1 is 1.35 bits per heavy atom. The molecule has 1 saturated heterocycles. The molecule has 170 valence electrons. The molecule has 8 nitrogen and oxygen atoms in total. The van der Waals surface area contributed by atoms with Gasteiger partial charge in [-0.05, 0) is 51.8 Å². The topological polar surface area (TPSA) is 93.8 Å². The van der Waals surface area contributed by atoms with Gasteiger partial charge in [0, 0.05) is 17.3 Å². The maximum Gasteiger partial charge on any atom is 0.420 e. The van der Waals surface area contributed by atoms with Crippen LogP contribution in [-0.2, 0) is 20.6 Å². The molecule has 0 atom stereocenters. The third-order valence-electron chi connectivity index (χ3n) is 4.70. The van der Waals surface area contributed by atoms with E-state index in [2.05, 4.69) is 38.7 Å². The molecule has 1 amide bonds. The summed E-state index contributed by atoms with van der Waals surface area (Å²) >= 11 is 7.70. The molecule has 0 spiro atoms. The minimum atomic E-state index is -0.975. The molecule has 0 saturated carbocycles. The van der Waals surface area contributed by atoms with E-state index in [9.17, 15) is 9.59 Å². The number of hydrogen-bond donors (Lipinski definition) is 2. The summed E-state index contributed by atoms with van der Waals surface area (Å²) in [6, 6.07) is 5.38. The van der Waals surface area contributed by atoms with E-state index in [1.165, 1.54) is 4.31 Å². The zero-order chi connectivity index (χ0) is 22.6. The number of ether oxygens (including phenoxy) is 3. The smallest absolute Gasteiger partial charge is 0.420 e. The first-order valence-electron chi connectivity index (χ1n) is 10.2. The van der Waals surface area contributed by atoms with Gasteiger partial charge >= 0.3 is 6.09 Å². The van der Waals surface area contributed by atoms with Crippen molar-refractivity contribution in [2.75, 3.05) is 19.8 Å². The van der Waals surface area contributed by atoms with Crippen molar-refractivity contribution in [3.63, 3.8) is 0 Å². The number of carbonyl (C=O) groups excluding carboxylic acids is 1. The minimum Gasteiger partial charge on any atom is -0.443 e. The first kappa shape index (κ1) is 24.0. The van der Waals surface area contributed by atoms with Crippen molar-refractivity contribution in [3.8, 4) is 0 Å². The lowest BCUT2D eigenvalue weighted by Crippen LogP contribution is -2.49. The predicted octanol–water partition coefficient (Wildman–Crippen LogP) is 4.22. The molecule has 1 fully saturated rings. The van der Waals surface area contributed by atoms with E-state index in [-0.39, 0.29) is 12.1 Å². The Balaban J connectivity index is 1.67. The van der Waals surface area contributed by atoms with Gasteiger partial charge in [-0.15, -0.1) is 0 Å². The maximum atomic E-state index is 12.3. The molecule has 2 heterocycles. The van der Waals surface area contributed by atoms with Gasteiger partial charge in [-0.2, -0.15) is 0 Å². The molecule has 1 aromatic carbocycles. The third kappa shape index (κ3) is 6.68. The van der Waals surface area contributed by atoms with E-state index < -0.39 is 17.5 Å². The van der Waals surface area contributed by atoms with Crippen molar-refractivity contribution in [2.45, 2.75) is 57.8 Å². The normalized spacial score (nSPS) is 16.3. The predicted molar refractivity (Wildman–Crippen MR) is 124 cm³/mol. The summed E-state index contributed by atoms with van der Waals surface area (Å²) in [5, 5.41) is 0.547. The average molecular weight is 514 g/mol. The van der Waals surface area contributed by atoms with E-state index >= 15 is 0 Å². The summed E-state index contributed by atoms with van der Waals surface area (Å²) in [6.07, 6.45) is 1.91. The monoisotopic (exact) mass is 513 g/mol. The highest BCUT2D eigenvalue weighted by Crippen LogP contribution is 2.28. The number of halogens is 1. The molecule has 1 aliphatic rings. The van der Waals surface area contributed by atoms with Crippen LogP contribution in [0, 0.1) is 0 Å². The van der Waals surface area contributed by atoms with Crippen molar-refractivity contribution in [1.29, 1.82) is 0 Å². The fourth-order valence-corrected chi connectivity index (χ4v) is 3.95. The second kappa shape index (κ2) is 9.89. The Labute approximate surface area is 195 Å². The highest BCUT2D eigenvalue weighted by Gasteiger charge is 2.38. The van der Waals surface area contributed by atoms with Gasteiger partial charge in [0.05, 0.1) is 30.7 Å². The number of thiol groups is 1. The molecule has 0 radical (unpaired) electrons. The number of amides is 1. The van der Waals surface area contributed by atoms with Gasteiger partial charge in [0.2, 0.25) is 0 Å². The van der Waals surface area contributed by atoms with Crippen LogP contribution in [0.15, 0.2) is 27.5 Å². The number of nitrogens with zero attached hydrogens (tertiary/aromatic N) is 2. The maximum absolute atomic E-state index is 12.3. The number of rotatable bonds is 6. The van der Waals surface area contributed by atoms with Crippen molar-refractivity contribution < 1.29 is 19.0 Å². The molecule has 1 aliphatic heterocycles. The van der Waals surface area contributed by atoms with Gasteiger partial charge in [0.15, 0.2) is 5.79 Å². The van der Waals surface area contributed by atoms with E-state index in [1.807, 2.05) is 12.1 Å². The van der Waals surface area contributed by atoms with E-state index in [0.717, 1.165) is 10.9 Å². The van der Waals surface area contributed by atoms with E-state index in [4.69, 9.17) is 14.2 Å². The Morgan fingerprint density at radius 2 is 2.06 bits per heavy atom. The van der Waals surface area contributed by atoms with Gasteiger partial charge in [-0.25, -0.2) is 14.1 Å². The first-order chi connectivity index (χ1) is 14.6. The van der Waals surface area contributed by atoms with Gasteiger partial charge in [0.25, 0.3) is 5.56 Å². The van der Waals surface area contributed by atoms with Crippen LogP contribution in [0.25, 0.3) is 10.9 Å². The molecule has 10 heteroatoms. The number of nitrogens with one attached hydrogen (secondary N) is 1.